The van der Waals surface area contributed by atoms with Crippen molar-refractivity contribution >= 4 is 34.7 Å². The maximum atomic E-state index is 12.5. The van der Waals surface area contributed by atoms with Crippen LogP contribution in [0.25, 0.3) is 0 Å². The molecule has 0 saturated heterocycles. The second kappa shape index (κ2) is 6.39. The molecule has 3 atom stereocenters. The van der Waals surface area contributed by atoms with Gasteiger partial charge in [0.1, 0.15) is 5.25 Å². The first kappa shape index (κ1) is 16.7. The smallest absolute Gasteiger partial charge is 0.317 e. The molecular weight excluding hydrogens is 330 g/mol. The molecule has 0 spiro atoms. The van der Waals surface area contributed by atoms with Gasteiger partial charge >= 0.3 is 5.97 Å². The lowest BCUT2D eigenvalue weighted by Crippen LogP contribution is -2.39. The number of aliphatic carboxylic acids is 1. The van der Waals surface area contributed by atoms with E-state index in [1.54, 1.807) is 24.3 Å². The van der Waals surface area contributed by atoms with Gasteiger partial charge in [-0.25, -0.2) is 0 Å². The van der Waals surface area contributed by atoms with Crippen molar-refractivity contribution in [3.05, 3.63) is 35.4 Å². The summed E-state index contributed by atoms with van der Waals surface area (Å²) < 4.78 is 0. The molecule has 1 saturated carbocycles. The Balaban J connectivity index is 1.77. The monoisotopic (exact) mass is 347 g/mol. The first-order valence-electron chi connectivity index (χ1n) is 7.77. The van der Waals surface area contributed by atoms with Crippen molar-refractivity contribution in [2.75, 3.05) is 0 Å². The largest absolute Gasteiger partial charge is 0.480 e. The molecule has 1 aromatic rings. The number of rotatable bonds is 4. The number of hydrogen-bond donors (Lipinski definition) is 1. The van der Waals surface area contributed by atoms with Gasteiger partial charge in [0.15, 0.2) is 5.12 Å². The molecule has 6 nitrogen and oxygen atoms in total. The van der Waals surface area contributed by atoms with Gasteiger partial charge in [-0.05, 0) is 37.3 Å². The predicted molar refractivity (Wildman–Crippen MR) is 87.8 cm³/mol. The van der Waals surface area contributed by atoms with E-state index in [4.69, 9.17) is 0 Å². The minimum atomic E-state index is -1.02. The summed E-state index contributed by atoms with van der Waals surface area (Å²) in [7, 11) is 0. The zero-order valence-electron chi connectivity index (χ0n) is 13.1. The Morgan fingerprint density at radius 1 is 1.17 bits per heavy atom. The highest BCUT2D eigenvalue weighted by atomic mass is 32.2. The Morgan fingerprint density at radius 2 is 1.75 bits per heavy atom. The van der Waals surface area contributed by atoms with Crippen LogP contribution in [-0.4, -0.2) is 44.2 Å². The fourth-order valence-corrected chi connectivity index (χ4v) is 4.47. The molecule has 2 aliphatic rings. The zero-order valence-corrected chi connectivity index (χ0v) is 13.9. The predicted octanol–water partition coefficient (Wildman–Crippen LogP) is 2.18. The van der Waals surface area contributed by atoms with E-state index in [9.17, 15) is 24.3 Å². The number of amides is 2. The highest BCUT2D eigenvalue weighted by molar-refractivity contribution is 8.14. The van der Waals surface area contributed by atoms with Crippen molar-refractivity contribution in [2.24, 2.45) is 5.92 Å². The standard InChI is InChI=1S/C17H17NO5S/c1-9(19)24-14(17(22)23)10-6-7-11(8-10)18-15(20)12-4-2-3-5-13(12)16(18)21/h2-5,10-11,14H,6-8H2,1H3,(H,22,23)/t10-,11-,14?/m0/s1. The number of carbonyl (C=O) groups excluding carboxylic acids is 3. The third kappa shape index (κ3) is 2.84. The van der Waals surface area contributed by atoms with Crippen molar-refractivity contribution in [1.82, 2.24) is 4.90 Å². The summed E-state index contributed by atoms with van der Waals surface area (Å²) in [6.45, 7) is 1.34. The van der Waals surface area contributed by atoms with E-state index in [0.717, 1.165) is 11.8 Å². The van der Waals surface area contributed by atoms with E-state index < -0.39 is 11.2 Å². The molecule has 7 heteroatoms. The summed E-state index contributed by atoms with van der Waals surface area (Å²) >= 11 is 0.812. The fourth-order valence-electron chi connectivity index (χ4n) is 3.57. The second-order valence-corrected chi connectivity index (χ2v) is 7.44. The fraction of sp³-hybridized carbons (Fsp3) is 0.412. The molecule has 1 fully saturated rings. The van der Waals surface area contributed by atoms with Crippen LogP contribution in [0.3, 0.4) is 0 Å². The molecule has 1 aliphatic heterocycles. The van der Waals surface area contributed by atoms with Gasteiger partial charge in [0.05, 0.1) is 11.1 Å². The van der Waals surface area contributed by atoms with E-state index in [0.29, 0.717) is 30.4 Å². The van der Waals surface area contributed by atoms with Crippen molar-refractivity contribution in [1.29, 1.82) is 0 Å². The third-order valence-electron chi connectivity index (χ3n) is 4.60. The molecule has 0 radical (unpaired) electrons. The van der Waals surface area contributed by atoms with Gasteiger partial charge in [0, 0.05) is 13.0 Å². The average molecular weight is 347 g/mol. The SMILES string of the molecule is CC(=O)SC(C(=O)O)[C@H]1CC[C@H](N2C(=O)c3ccccc3C2=O)C1. The summed E-state index contributed by atoms with van der Waals surface area (Å²) in [6.07, 6.45) is 1.57. The minimum Gasteiger partial charge on any atom is -0.480 e. The maximum Gasteiger partial charge on any atom is 0.317 e. The van der Waals surface area contributed by atoms with Crippen LogP contribution in [-0.2, 0) is 9.59 Å². The first-order chi connectivity index (χ1) is 11.4. The number of benzene rings is 1. The number of carboxylic acid groups (broad SMARTS) is 1. The average Bonchev–Trinajstić information content (AvgIpc) is 3.09. The van der Waals surface area contributed by atoms with Crippen LogP contribution in [0.4, 0.5) is 0 Å². The van der Waals surface area contributed by atoms with E-state index in [1.165, 1.54) is 11.8 Å². The summed E-state index contributed by atoms with van der Waals surface area (Å²) in [5, 5.41) is 8.28. The topological polar surface area (TPSA) is 91.8 Å². The minimum absolute atomic E-state index is 0.231. The van der Waals surface area contributed by atoms with Crippen LogP contribution in [0.2, 0.25) is 0 Å². The van der Waals surface area contributed by atoms with E-state index >= 15 is 0 Å². The first-order valence-corrected chi connectivity index (χ1v) is 8.65. The quantitative estimate of drug-likeness (QED) is 0.840. The van der Waals surface area contributed by atoms with Crippen LogP contribution in [0.15, 0.2) is 24.3 Å². The maximum absolute atomic E-state index is 12.5. The van der Waals surface area contributed by atoms with Crippen LogP contribution in [0, 0.1) is 5.92 Å². The molecule has 0 bridgehead atoms. The number of carboxylic acids is 1. The van der Waals surface area contributed by atoms with Gasteiger partial charge in [-0.2, -0.15) is 0 Å². The molecule has 126 valence electrons. The van der Waals surface area contributed by atoms with Gasteiger partial charge in [-0.1, -0.05) is 23.9 Å². The lowest BCUT2D eigenvalue weighted by molar-refractivity contribution is -0.137. The lowest BCUT2D eigenvalue weighted by Gasteiger charge is -2.23. The summed E-state index contributed by atoms with van der Waals surface area (Å²) in [5.41, 5.74) is 0.803. The Morgan fingerprint density at radius 3 is 2.25 bits per heavy atom. The Labute approximate surface area is 143 Å². The van der Waals surface area contributed by atoms with Crippen molar-refractivity contribution in [3.8, 4) is 0 Å². The van der Waals surface area contributed by atoms with E-state index in [2.05, 4.69) is 0 Å². The molecule has 3 rings (SSSR count). The van der Waals surface area contributed by atoms with Crippen LogP contribution in [0.5, 0.6) is 0 Å². The van der Waals surface area contributed by atoms with Gasteiger partial charge in [-0.3, -0.25) is 24.1 Å². The molecule has 1 aliphatic carbocycles. The normalized spacial score (nSPS) is 24.1. The Bertz CT molecular complexity index is 696. The molecule has 1 aromatic carbocycles. The van der Waals surface area contributed by atoms with E-state index in [-0.39, 0.29) is 28.9 Å². The van der Waals surface area contributed by atoms with Crippen molar-refractivity contribution in [2.45, 2.75) is 37.5 Å². The van der Waals surface area contributed by atoms with Gasteiger partial charge < -0.3 is 5.11 Å². The molecule has 0 aromatic heterocycles. The van der Waals surface area contributed by atoms with Gasteiger partial charge in [-0.15, -0.1) is 0 Å². The molecule has 1 N–H and O–H groups in total. The molecule has 1 unspecified atom stereocenters. The lowest BCUT2D eigenvalue weighted by atomic mass is 10.0. The molecular formula is C17H17NO5S. The molecule has 1 heterocycles. The van der Waals surface area contributed by atoms with Crippen molar-refractivity contribution in [3.63, 3.8) is 0 Å². The van der Waals surface area contributed by atoms with Crippen LogP contribution >= 0.6 is 11.8 Å². The number of nitrogens with zero attached hydrogens (tertiary/aromatic N) is 1. The second-order valence-electron chi connectivity index (χ2n) is 6.12. The number of carbonyl (C=O) groups is 4. The van der Waals surface area contributed by atoms with Gasteiger partial charge in [0.25, 0.3) is 11.8 Å². The van der Waals surface area contributed by atoms with Crippen LogP contribution in [0.1, 0.15) is 46.9 Å². The highest BCUT2D eigenvalue weighted by Gasteiger charge is 2.45. The zero-order chi connectivity index (χ0) is 17.4. The Hall–Kier alpha value is -2.15. The summed E-state index contributed by atoms with van der Waals surface area (Å²) in [4.78, 5) is 49.0. The van der Waals surface area contributed by atoms with Crippen LogP contribution < -0.4 is 0 Å². The highest BCUT2D eigenvalue weighted by Crippen LogP contribution is 2.39. The van der Waals surface area contributed by atoms with Gasteiger partial charge in [0.2, 0.25) is 0 Å². The van der Waals surface area contributed by atoms with Crippen molar-refractivity contribution < 1.29 is 24.3 Å². The Kier molecular flexibility index (Phi) is 4.45. The number of imide groups is 1. The number of fused-ring (bicyclic) bond motifs is 1. The molecule has 2 amide bonds. The summed E-state index contributed by atoms with van der Waals surface area (Å²) in [6, 6.07) is 6.39. The van der Waals surface area contributed by atoms with E-state index in [1.807, 2.05) is 0 Å². The molecule has 24 heavy (non-hydrogen) atoms. The number of thioether (sulfide) groups is 1. The number of hydrogen-bond acceptors (Lipinski definition) is 5. The third-order valence-corrected chi connectivity index (χ3v) is 5.77. The summed E-state index contributed by atoms with van der Waals surface area (Å²) in [5.74, 6) is -1.88.